The van der Waals surface area contributed by atoms with Crippen LogP contribution in [0.2, 0.25) is 0 Å². The molecule has 1 atom stereocenters. The number of para-hydroxylation sites is 1. The topological polar surface area (TPSA) is 32.6 Å². The van der Waals surface area contributed by atoms with Crippen LogP contribution in [0.25, 0.3) is 0 Å². The molecule has 2 heteroatoms. The van der Waals surface area contributed by atoms with Gasteiger partial charge in [-0.25, -0.2) is 4.99 Å². The van der Waals surface area contributed by atoms with Crippen LogP contribution in [0.4, 0.5) is 5.69 Å². The van der Waals surface area contributed by atoms with Crippen LogP contribution in [0.15, 0.2) is 77.0 Å². The number of hydrogen-bond donors (Lipinski definition) is 1. The first-order chi connectivity index (χ1) is 8.82. The summed E-state index contributed by atoms with van der Waals surface area (Å²) in [6.45, 7) is 0. The maximum absolute atomic E-state index is 10.1. The molecular formula is C16H11NO. The van der Waals surface area contributed by atoms with E-state index in [4.69, 9.17) is 0 Å². The Morgan fingerprint density at radius 2 is 1.94 bits per heavy atom. The summed E-state index contributed by atoms with van der Waals surface area (Å²) in [5.41, 5.74) is 3.60. The van der Waals surface area contributed by atoms with Crippen molar-refractivity contribution in [1.82, 2.24) is 0 Å². The first kappa shape index (κ1) is 9.66. The van der Waals surface area contributed by atoms with Crippen molar-refractivity contribution >= 4 is 11.4 Å². The van der Waals surface area contributed by atoms with Crippen molar-refractivity contribution in [3.63, 3.8) is 0 Å². The summed E-state index contributed by atoms with van der Waals surface area (Å²) in [6, 6.07) is 8.07. The van der Waals surface area contributed by atoms with E-state index >= 15 is 0 Å². The predicted molar refractivity (Wildman–Crippen MR) is 72.3 cm³/mol. The Morgan fingerprint density at radius 1 is 1.06 bits per heavy atom. The van der Waals surface area contributed by atoms with Crippen molar-refractivity contribution < 1.29 is 5.11 Å². The van der Waals surface area contributed by atoms with Crippen LogP contribution < -0.4 is 0 Å². The number of nitrogens with zero attached hydrogens (tertiary/aromatic N) is 1. The molecule has 1 spiro atoms. The van der Waals surface area contributed by atoms with Gasteiger partial charge in [-0.05, 0) is 23.3 Å². The summed E-state index contributed by atoms with van der Waals surface area (Å²) in [7, 11) is 0. The van der Waals surface area contributed by atoms with Gasteiger partial charge in [-0.1, -0.05) is 48.6 Å². The maximum Gasteiger partial charge on any atom is 0.138 e. The molecule has 3 aliphatic rings. The number of fused-ring (bicyclic) bond motifs is 1. The van der Waals surface area contributed by atoms with E-state index in [1.165, 1.54) is 0 Å². The number of aliphatic imine (C=N–C) groups is 1. The molecule has 1 N–H and O–H groups in total. The largest absolute Gasteiger partial charge is 0.506 e. The van der Waals surface area contributed by atoms with Gasteiger partial charge in [0.25, 0.3) is 0 Å². The molecule has 0 saturated heterocycles. The van der Waals surface area contributed by atoms with Gasteiger partial charge in [0.05, 0.1) is 11.1 Å². The van der Waals surface area contributed by atoms with E-state index in [9.17, 15) is 5.11 Å². The highest BCUT2D eigenvalue weighted by Gasteiger charge is 2.47. The molecule has 1 heterocycles. The number of rotatable bonds is 0. The average Bonchev–Trinajstić information content (AvgIpc) is 2.75. The highest BCUT2D eigenvalue weighted by molar-refractivity contribution is 6.16. The van der Waals surface area contributed by atoms with Gasteiger partial charge in [-0.15, -0.1) is 0 Å². The second kappa shape index (κ2) is 3.10. The van der Waals surface area contributed by atoms with Gasteiger partial charge in [0, 0.05) is 0 Å². The van der Waals surface area contributed by atoms with Crippen LogP contribution in [-0.4, -0.2) is 10.8 Å². The number of aliphatic hydroxyl groups is 1. The molecule has 0 aromatic heterocycles. The zero-order valence-electron chi connectivity index (χ0n) is 9.67. The van der Waals surface area contributed by atoms with Crippen LogP contribution in [-0.2, 0) is 5.41 Å². The molecule has 86 valence electrons. The minimum Gasteiger partial charge on any atom is -0.506 e. The first-order valence-corrected chi connectivity index (χ1v) is 5.99. The summed E-state index contributed by atoms with van der Waals surface area (Å²) < 4.78 is 0. The van der Waals surface area contributed by atoms with E-state index in [0.29, 0.717) is 0 Å². The van der Waals surface area contributed by atoms with Gasteiger partial charge < -0.3 is 5.11 Å². The summed E-state index contributed by atoms with van der Waals surface area (Å²) in [5.74, 6) is 0.259. The smallest absolute Gasteiger partial charge is 0.138 e. The molecule has 1 unspecified atom stereocenters. The number of hydrogen-bond acceptors (Lipinski definition) is 2. The fourth-order valence-electron chi connectivity index (χ4n) is 2.98. The molecule has 0 radical (unpaired) electrons. The normalized spacial score (nSPS) is 26.8. The molecule has 1 aromatic rings. The lowest BCUT2D eigenvalue weighted by Crippen LogP contribution is -2.36. The third-order valence-corrected chi connectivity index (χ3v) is 3.79. The predicted octanol–water partition coefficient (Wildman–Crippen LogP) is 3.52. The van der Waals surface area contributed by atoms with Crippen LogP contribution in [0.1, 0.15) is 5.56 Å². The van der Waals surface area contributed by atoms with Crippen molar-refractivity contribution in [2.45, 2.75) is 5.41 Å². The molecule has 0 saturated carbocycles. The quantitative estimate of drug-likeness (QED) is 0.730. The second-order valence-electron chi connectivity index (χ2n) is 4.68. The fourth-order valence-corrected chi connectivity index (χ4v) is 2.98. The van der Waals surface area contributed by atoms with Crippen LogP contribution >= 0.6 is 0 Å². The highest BCUT2D eigenvalue weighted by Crippen LogP contribution is 2.50. The molecule has 1 aromatic carbocycles. The Kier molecular flexibility index (Phi) is 1.67. The Bertz CT molecular complexity index is 704. The van der Waals surface area contributed by atoms with Crippen LogP contribution in [0.3, 0.4) is 0 Å². The van der Waals surface area contributed by atoms with Crippen molar-refractivity contribution in [1.29, 1.82) is 0 Å². The van der Waals surface area contributed by atoms with Crippen molar-refractivity contribution in [2.24, 2.45) is 4.99 Å². The maximum atomic E-state index is 10.1. The third kappa shape index (κ3) is 0.962. The Hall–Kier alpha value is -2.35. The fraction of sp³-hybridized carbons (Fsp3) is 0.0625. The number of benzene rings is 1. The first-order valence-electron chi connectivity index (χ1n) is 5.99. The lowest BCUT2D eigenvalue weighted by molar-refractivity contribution is 0.437. The standard InChI is InChI=1S/C16H11NO/c18-14-9-8-11-5-3-4-10-16(11)12-6-1-2-7-13(12)17-15(14)16/h1-10,18H. The molecule has 0 fully saturated rings. The summed E-state index contributed by atoms with van der Waals surface area (Å²) in [4.78, 5) is 4.60. The zero-order valence-corrected chi connectivity index (χ0v) is 9.67. The number of allylic oxidation sites excluding steroid dienone is 8. The van der Waals surface area contributed by atoms with Crippen LogP contribution in [0, 0.1) is 0 Å². The van der Waals surface area contributed by atoms with Crippen molar-refractivity contribution in [3.05, 3.63) is 77.6 Å². The lowest BCUT2D eigenvalue weighted by atomic mass is 9.67. The van der Waals surface area contributed by atoms with E-state index in [1.54, 1.807) is 6.08 Å². The Balaban J connectivity index is 2.11. The summed E-state index contributed by atoms with van der Waals surface area (Å²) >= 11 is 0. The van der Waals surface area contributed by atoms with Gasteiger partial charge in [-0.3, -0.25) is 0 Å². The Labute approximate surface area is 105 Å². The monoisotopic (exact) mass is 233 g/mol. The molecule has 0 bridgehead atoms. The molecule has 4 rings (SSSR count). The Morgan fingerprint density at radius 3 is 2.89 bits per heavy atom. The van der Waals surface area contributed by atoms with Crippen molar-refractivity contribution in [3.8, 4) is 0 Å². The van der Waals surface area contributed by atoms with E-state index in [1.807, 2.05) is 36.4 Å². The summed E-state index contributed by atoms with van der Waals surface area (Å²) in [6.07, 6.45) is 11.9. The van der Waals surface area contributed by atoms with Crippen LogP contribution in [0.5, 0.6) is 0 Å². The SMILES string of the molecule is OC1=CC=C2C=CC=CC23C1=Nc1ccccc13. The van der Waals surface area contributed by atoms with E-state index in [-0.39, 0.29) is 11.2 Å². The molecule has 2 aliphatic carbocycles. The second-order valence-corrected chi connectivity index (χ2v) is 4.68. The van der Waals surface area contributed by atoms with Gasteiger partial charge in [0.15, 0.2) is 0 Å². The summed E-state index contributed by atoms with van der Waals surface area (Å²) in [5, 5.41) is 10.1. The average molecular weight is 233 g/mol. The molecule has 18 heavy (non-hydrogen) atoms. The third-order valence-electron chi connectivity index (χ3n) is 3.79. The molecule has 2 nitrogen and oxygen atoms in total. The van der Waals surface area contributed by atoms with E-state index < -0.39 is 0 Å². The highest BCUT2D eigenvalue weighted by atomic mass is 16.3. The van der Waals surface area contributed by atoms with Gasteiger partial charge >= 0.3 is 0 Å². The molecule has 0 amide bonds. The van der Waals surface area contributed by atoms with Gasteiger partial charge in [0.2, 0.25) is 0 Å². The van der Waals surface area contributed by atoms with E-state index in [0.717, 1.165) is 22.5 Å². The van der Waals surface area contributed by atoms with Gasteiger partial charge in [0.1, 0.15) is 11.5 Å². The minimum absolute atomic E-state index is 0.259. The van der Waals surface area contributed by atoms with E-state index in [2.05, 4.69) is 23.2 Å². The lowest BCUT2D eigenvalue weighted by Gasteiger charge is -2.33. The zero-order chi connectivity index (χ0) is 12.2. The number of aliphatic hydroxyl groups excluding tert-OH is 1. The van der Waals surface area contributed by atoms with Crippen molar-refractivity contribution in [2.75, 3.05) is 0 Å². The minimum atomic E-state index is -0.385. The van der Waals surface area contributed by atoms with Gasteiger partial charge in [-0.2, -0.15) is 0 Å². The molecular weight excluding hydrogens is 222 g/mol. The molecule has 1 aliphatic heterocycles.